The average Bonchev–Trinajstić information content (AvgIpc) is 3.17. The van der Waals surface area contributed by atoms with Crippen molar-refractivity contribution in [2.75, 3.05) is 13.1 Å². The maximum absolute atomic E-state index is 13.0. The van der Waals surface area contributed by atoms with Gasteiger partial charge in [-0.25, -0.2) is 9.78 Å². The lowest BCUT2D eigenvalue weighted by atomic mass is 9.98. The Morgan fingerprint density at radius 3 is 2.33 bits per heavy atom. The number of carbonyl (C=O) groups is 2. The predicted octanol–water partition coefficient (Wildman–Crippen LogP) is 3.43. The zero-order valence-corrected chi connectivity index (χ0v) is 17.3. The van der Waals surface area contributed by atoms with Crippen molar-refractivity contribution in [2.45, 2.75) is 58.9 Å². The topological polar surface area (TPSA) is 88.3 Å². The second-order valence-electron chi connectivity index (χ2n) is 8.10. The summed E-state index contributed by atoms with van der Waals surface area (Å²) in [6.07, 6.45) is 2.93. The van der Waals surface area contributed by atoms with Gasteiger partial charge in [-0.1, -0.05) is 20.8 Å². The van der Waals surface area contributed by atoms with Crippen LogP contribution >= 0.6 is 11.3 Å². The number of aryl methyl sites for hydroxylation is 1. The van der Waals surface area contributed by atoms with E-state index in [4.69, 9.17) is 0 Å². The summed E-state index contributed by atoms with van der Waals surface area (Å²) in [6, 6.07) is 0.120. The maximum Gasteiger partial charge on any atom is 0.339 e. The number of carboxylic acids is 1. The molecule has 2 aromatic rings. The van der Waals surface area contributed by atoms with E-state index in [1.807, 2.05) is 11.8 Å². The number of hydrogen-bond acceptors (Lipinski definition) is 5. The molecule has 0 saturated carbocycles. The molecule has 0 atom stereocenters. The van der Waals surface area contributed by atoms with Crippen LogP contribution in [0.4, 0.5) is 0 Å². The molecule has 1 saturated heterocycles. The van der Waals surface area contributed by atoms with Gasteiger partial charge in [0.1, 0.15) is 10.4 Å². The van der Waals surface area contributed by atoms with Crippen LogP contribution in [0.25, 0.3) is 0 Å². The standard InChI is InChI=1S/C19H26N4O3S/c1-11-15(27-18(21-11)19(3,4)5)16(24)22-8-6-13(7-9-22)23-12(2)14(10-20-23)17(25)26/h10,13H,6-9H2,1-5H3,(H,25,26). The van der Waals surface area contributed by atoms with E-state index in [-0.39, 0.29) is 22.9 Å². The van der Waals surface area contributed by atoms with Gasteiger partial charge >= 0.3 is 5.97 Å². The number of piperidine rings is 1. The zero-order valence-electron chi connectivity index (χ0n) is 16.4. The minimum absolute atomic E-state index is 0.0439. The summed E-state index contributed by atoms with van der Waals surface area (Å²) in [5.41, 5.74) is 1.63. The van der Waals surface area contributed by atoms with Gasteiger partial charge in [-0.3, -0.25) is 9.48 Å². The Balaban J connectivity index is 1.70. The molecular formula is C19H26N4O3S. The highest BCUT2D eigenvalue weighted by Gasteiger charge is 2.30. The van der Waals surface area contributed by atoms with Crippen molar-refractivity contribution in [2.24, 2.45) is 0 Å². The highest BCUT2D eigenvalue weighted by Crippen LogP contribution is 2.31. The number of carbonyl (C=O) groups excluding carboxylic acids is 1. The van der Waals surface area contributed by atoms with Gasteiger partial charge in [0, 0.05) is 18.5 Å². The molecule has 27 heavy (non-hydrogen) atoms. The third kappa shape index (κ3) is 3.76. The van der Waals surface area contributed by atoms with E-state index in [2.05, 4.69) is 30.9 Å². The first-order valence-electron chi connectivity index (χ1n) is 9.14. The molecule has 1 amide bonds. The largest absolute Gasteiger partial charge is 0.478 e. The van der Waals surface area contributed by atoms with E-state index >= 15 is 0 Å². The van der Waals surface area contributed by atoms with Gasteiger partial charge in [-0.15, -0.1) is 11.3 Å². The Morgan fingerprint density at radius 2 is 1.85 bits per heavy atom. The molecule has 8 heteroatoms. The second kappa shape index (κ2) is 7.07. The molecule has 0 spiro atoms. The fourth-order valence-electron chi connectivity index (χ4n) is 3.37. The number of aromatic carboxylic acids is 1. The van der Waals surface area contributed by atoms with Gasteiger partial charge in [-0.2, -0.15) is 5.10 Å². The average molecular weight is 391 g/mol. The fraction of sp³-hybridized carbons (Fsp3) is 0.579. The van der Waals surface area contributed by atoms with Gasteiger partial charge < -0.3 is 10.0 Å². The van der Waals surface area contributed by atoms with E-state index in [9.17, 15) is 14.7 Å². The van der Waals surface area contributed by atoms with Gasteiger partial charge in [0.05, 0.1) is 28.6 Å². The minimum atomic E-state index is -0.957. The maximum atomic E-state index is 13.0. The quantitative estimate of drug-likeness (QED) is 0.867. The van der Waals surface area contributed by atoms with Crippen LogP contribution < -0.4 is 0 Å². The molecule has 2 aromatic heterocycles. The molecule has 1 N–H and O–H groups in total. The molecule has 146 valence electrons. The second-order valence-corrected chi connectivity index (χ2v) is 9.10. The molecule has 0 bridgehead atoms. The van der Waals surface area contributed by atoms with Crippen molar-refractivity contribution in [1.82, 2.24) is 19.7 Å². The minimum Gasteiger partial charge on any atom is -0.478 e. The van der Waals surface area contributed by atoms with Gasteiger partial charge in [-0.05, 0) is 26.7 Å². The summed E-state index contributed by atoms with van der Waals surface area (Å²) in [7, 11) is 0. The van der Waals surface area contributed by atoms with E-state index in [1.54, 1.807) is 11.6 Å². The van der Waals surface area contributed by atoms with E-state index in [1.165, 1.54) is 17.5 Å². The normalized spacial score (nSPS) is 16.0. The lowest BCUT2D eigenvalue weighted by Gasteiger charge is -2.32. The monoisotopic (exact) mass is 390 g/mol. The van der Waals surface area contributed by atoms with Crippen molar-refractivity contribution >= 4 is 23.2 Å². The van der Waals surface area contributed by atoms with E-state index in [0.717, 1.165) is 28.4 Å². The van der Waals surface area contributed by atoms with E-state index in [0.29, 0.717) is 18.8 Å². The molecule has 1 fully saturated rings. The van der Waals surface area contributed by atoms with Crippen LogP contribution in [-0.4, -0.2) is 49.7 Å². The van der Waals surface area contributed by atoms with Crippen LogP contribution in [0, 0.1) is 13.8 Å². The molecule has 0 aromatic carbocycles. The van der Waals surface area contributed by atoms with Crippen LogP contribution in [0.2, 0.25) is 0 Å². The number of aromatic nitrogens is 3. The third-order valence-corrected chi connectivity index (χ3v) is 6.58. The first-order chi connectivity index (χ1) is 12.6. The summed E-state index contributed by atoms with van der Waals surface area (Å²) in [5, 5.41) is 14.4. The van der Waals surface area contributed by atoms with Crippen molar-refractivity contribution in [1.29, 1.82) is 0 Å². The summed E-state index contributed by atoms with van der Waals surface area (Å²) < 4.78 is 1.79. The molecule has 1 aliphatic heterocycles. The van der Waals surface area contributed by atoms with Crippen molar-refractivity contribution in [3.05, 3.63) is 33.0 Å². The van der Waals surface area contributed by atoms with Gasteiger partial charge in [0.25, 0.3) is 5.91 Å². The SMILES string of the molecule is Cc1nc(C(C)(C)C)sc1C(=O)N1CCC(n2ncc(C(=O)O)c2C)CC1. The molecule has 3 heterocycles. The van der Waals surface area contributed by atoms with Gasteiger partial charge in [0.15, 0.2) is 0 Å². The van der Waals surface area contributed by atoms with Crippen LogP contribution in [-0.2, 0) is 5.41 Å². The molecule has 1 aliphatic rings. The summed E-state index contributed by atoms with van der Waals surface area (Å²) >= 11 is 1.49. The predicted molar refractivity (Wildman–Crippen MR) is 104 cm³/mol. The Bertz CT molecular complexity index is 870. The van der Waals surface area contributed by atoms with Crippen molar-refractivity contribution in [3.8, 4) is 0 Å². The molecule has 3 rings (SSSR count). The highest BCUT2D eigenvalue weighted by atomic mass is 32.1. The van der Waals surface area contributed by atoms with Crippen LogP contribution in [0.15, 0.2) is 6.20 Å². The Labute approximate surface area is 163 Å². The summed E-state index contributed by atoms with van der Waals surface area (Å²) in [6.45, 7) is 11.2. The molecule has 0 radical (unpaired) electrons. The Kier molecular flexibility index (Phi) is 5.12. The molecule has 0 unspecified atom stereocenters. The number of carboxylic acid groups (broad SMARTS) is 1. The number of amides is 1. The molecular weight excluding hydrogens is 364 g/mol. The van der Waals surface area contributed by atoms with Crippen LogP contribution in [0.5, 0.6) is 0 Å². The van der Waals surface area contributed by atoms with Gasteiger partial charge in [0.2, 0.25) is 0 Å². The smallest absolute Gasteiger partial charge is 0.339 e. The number of hydrogen-bond donors (Lipinski definition) is 1. The number of nitrogens with zero attached hydrogens (tertiary/aromatic N) is 4. The number of rotatable bonds is 3. The lowest BCUT2D eigenvalue weighted by molar-refractivity contribution is 0.0691. The summed E-state index contributed by atoms with van der Waals surface area (Å²) in [5.74, 6) is -0.913. The molecule has 7 nitrogen and oxygen atoms in total. The first kappa shape index (κ1) is 19.5. The Hall–Kier alpha value is -2.22. The number of likely N-dealkylation sites (tertiary alicyclic amines) is 1. The van der Waals surface area contributed by atoms with Crippen LogP contribution in [0.1, 0.15) is 76.1 Å². The molecule has 0 aliphatic carbocycles. The highest BCUT2D eigenvalue weighted by molar-refractivity contribution is 7.14. The third-order valence-electron chi connectivity index (χ3n) is 5.01. The van der Waals surface area contributed by atoms with Crippen LogP contribution in [0.3, 0.4) is 0 Å². The zero-order chi connectivity index (χ0) is 19.9. The van der Waals surface area contributed by atoms with E-state index < -0.39 is 5.97 Å². The lowest BCUT2D eigenvalue weighted by Crippen LogP contribution is -2.39. The first-order valence-corrected chi connectivity index (χ1v) is 9.96. The Morgan fingerprint density at radius 1 is 1.22 bits per heavy atom. The van der Waals surface area contributed by atoms with Crippen molar-refractivity contribution < 1.29 is 14.7 Å². The fourth-order valence-corrected chi connectivity index (χ4v) is 4.47. The van der Waals surface area contributed by atoms with Crippen molar-refractivity contribution in [3.63, 3.8) is 0 Å². The number of thiazole rings is 1. The summed E-state index contributed by atoms with van der Waals surface area (Å²) in [4.78, 5) is 31.4.